The van der Waals surface area contributed by atoms with Gasteiger partial charge in [-0.2, -0.15) is 8.42 Å². The number of hydrogen-bond donors (Lipinski definition) is 14. The largest absolute Gasteiger partial charge is 0.726 e. The topological polar surface area (TPSA) is 502 Å². The van der Waals surface area contributed by atoms with E-state index in [-0.39, 0.29) is 66.7 Å². The molecular formula is C43H70N3O29S3-. The number of aliphatic carboxylic acids is 1. The maximum Gasteiger partial charge on any atom is 0.400 e. The van der Waals surface area contributed by atoms with Crippen LogP contribution in [0.1, 0.15) is 32.1 Å². The molecule has 0 saturated carbocycles. The number of hydrogen-bond acceptors (Lipinski definition) is 30. The highest BCUT2D eigenvalue weighted by atomic mass is 32.3. The van der Waals surface area contributed by atoms with Gasteiger partial charge in [-0.25, -0.2) is 25.2 Å². The first kappa shape index (κ1) is 67.3. The Morgan fingerprint density at radius 2 is 1.37 bits per heavy atom. The number of carbonyl (C=O) groups is 1. The summed E-state index contributed by atoms with van der Waals surface area (Å²) in [4.78, 5) is 10.9. The van der Waals surface area contributed by atoms with Crippen molar-refractivity contribution in [3.8, 4) is 0 Å². The number of nitrogens with one attached hydrogen (secondary N) is 2. The van der Waals surface area contributed by atoms with E-state index in [4.69, 9.17) is 58.6 Å². The van der Waals surface area contributed by atoms with Gasteiger partial charge < -0.3 is 99.5 Å². The summed E-state index contributed by atoms with van der Waals surface area (Å²) in [7, 11) is -14.0. The quantitative estimate of drug-likeness (QED) is 0.0582. The molecule has 14 N–H and O–H groups in total. The lowest BCUT2D eigenvalue weighted by Crippen LogP contribution is -3.16. The SMILES string of the molecule is CC(=O)O.O=S(=O)([O-])O[C@@H](CO)[C@H](O)CN1C[C@@H](O)[C@H](O)[C@H]1CO.O=S(=O)([O-])O[C@H]1COC(c2ccccc2)O[C@@H]1C[NH+]1C[C@@H](O)[C@H](O)[C@H]1CO.O=S1(=O)OC[C@H]2OC(c3ccccc3)OC[C@@H]2O1.OC[C@H]1NC[C@@H](O)[C@@H]1O.[HH]. The lowest BCUT2D eigenvalue weighted by atomic mass is 10.1. The Kier molecular flexibility index (Phi) is 27.0. The molecule has 6 heterocycles. The molecule has 0 amide bonds. The normalized spacial score (nSPS) is 34.4. The van der Waals surface area contributed by atoms with E-state index in [1.165, 1.54) is 4.90 Å². The van der Waals surface area contributed by atoms with Crippen LogP contribution in [0.25, 0.3) is 0 Å². The van der Waals surface area contributed by atoms with Crippen LogP contribution in [0.2, 0.25) is 0 Å². The molecule has 0 radical (unpaired) electrons. The highest BCUT2D eigenvalue weighted by molar-refractivity contribution is 7.82. The van der Waals surface area contributed by atoms with Gasteiger partial charge in [-0.3, -0.25) is 18.1 Å². The summed E-state index contributed by atoms with van der Waals surface area (Å²) in [5, 5.41) is 113. The summed E-state index contributed by atoms with van der Waals surface area (Å²) in [6.07, 6.45) is -13.6. The van der Waals surface area contributed by atoms with Crippen molar-refractivity contribution in [3.63, 3.8) is 0 Å². The third-order valence-electron chi connectivity index (χ3n) is 12.4. The van der Waals surface area contributed by atoms with E-state index in [0.717, 1.165) is 12.5 Å². The zero-order chi connectivity index (χ0) is 58.1. The number of aliphatic hydroxyl groups excluding tert-OH is 11. The average Bonchev–Trinajstić information content (AvgIpc) is 3.96. The molecule has 78 heavy (non-hydrogen) atoms. The summed E-state index contributed by atoms with van der Waals surface area (Å²) in [5.74, 6) is -0.833. The third-order valence-corrected chi connectivity index (χ3v) is 14.3. The van der Waals surface area contributed by atoms with Crippen LogP contribution in [0.4, 0.5) is 0 Å². The van der Waals surface area contributed by atoms with Crippen molar-refractivity contribution in [2.24, 2.45) is 0 Å². The smallest absolute Gasteiger partial charge is 0.400 e. The third kappa shape index (κ3) is 21.3. The van der Waals surface area contributed by atoms with Crippen molar-refractivity contribution in [1.82, 2.24) is 10.2 Å². The molecule has 8 rings (SSSR count). The van der Waals surface area contributed by atoms with Crippen LogP contribution in [-0.2, 0) is 71.7 Å². The van der Waals surface area contributed by atoms with Crippen molar-refractivity contribution in [3.05, 3.63) is 71.8 Å². The number of aliphatic hydroxyl groups is 11. The summed E-state index contributed by atoms with van der Waals surface area (Å²) in [5.41, 5.74) is 1.59. The summed E-state index contributed by atoms with van der Waals surface area (Å²) in [6, 6.07) is 16.5. The van der Waals surface area contributed by atoms with Crippen LogP contribution >= 0.6 is 0 Å². The minimum atomic E-state index is -5.09. The van der Waals surface area contributed by atoms with E-state index in [9.17, 15) is 65.0 Å². The Labute approximate surface area is 450 Å². The Bertz CT molecular complexity index is 2430. The number of ether oxygens (including phenoxy) is 4. The van der Waals surface area contributed by atoms with Gasteiger partial charge in [0, 0.05) is 39.1 Å². The molecular weight excluding hydrogens is 1120 g/mol. The van der Waals surface area contributed by atoms with Crippen molar-refractivity contribution < 1.29 is 142 Å². The van der Waals surface area contributed by atoms with Crippen molar-refractivity contribution >= 4 is 37.2 Å². The molecule has 6 aliphatic heterocycles. The minimum Gasteiger partial charge on any atom is -0.726 e. The van der Waals surface area contributed by atoms with Gasteiger partial charge in [0.05, 0.1) is 88.9 Å². The van der Waals surface area contributed by atoms with Crippen molar-refractivity contribution in [2.75, 3.05) is 79.0 Å². The fourth-order valence-electron chi connectivity index (χ4n) is 8.56. The highest BCUT2D eigenvalue weighted by Gasteiger charge is 2.48. The lowest BCUT2D eigenvalue weighted by Gasteiger charge is -2.37. The summed E-state index contributed by atoms with van der Waals surface area (Å²) >= 11 is 0. The predicted octanol–water partition coefficient (Wildman–Crippen LogP) is -8.72. The van der Waals surface area contributed by atoms with E-state index < -0.39 is 148 Å². The molecule has 35 heteroatoms. The second kappa shape index (κ2) is 31.3. The first-order chi connectivity index (χ1) is 36.6. The maximum absolute atomic E-state index is 11.1. The first-order valence-electron chi connectivity index (χ1n) is 23.8. The van der Waals surface area contributed by atoms with Crippen LogP contribution < -0.4 is 10.2 Å². The number of carboxylic acids is 1. The Morgan fingerprint density at radius 1 is 0.795 bits per heavy atom. The number of likely N-dealkylation sites (tertiary alicyclic amines) is 2. The van der Waals surface area contributed by atoms with Crippen LogP contribution in [0.5, 0.6) is 0 Å². The van der Waals surface area contributed by atoms with Gasteiger partial charge in [-0.1, -0.05) is 60.7 Å². The fraction of sp³-hybridized carbons (Fsp3) is 0.698. The molecule has 450 valence electrons. The second-order valence-corrected chi connectivity index (χ2v) is 21.4. The van der Waals surface area contributed by atoms with Gasteiger partial charge in [-0.15, -0.1) is 0 Å². The van der Waals surface area contributed by atoms with Gasteiger partial charge in [0.25, 0.3) is 5.97 Å². The van der Waals surface area contributed by atoms with E-state index in [1.54, 1.807) is 24.3 Å². The van der Waals surface area contributed by atoms with Crippen LogP contribution in [0.3, 0.4) is 0 Å². The van der Waals surface area contributed by atoms with Gasteiger partial charge in [0.1, 0.15) is 61.9 Å². The molecule has 32 nitrogen and oxygen atoms in total. The molecule has 6 fully saturated rings. The van der Waals surface area contributed by atoms with Gasteiger partial charge in [-0.05, 0) is 0 Å². The number of benzene rings is 2. The molecule has 6 saturated heterocycles. The molecule has 18 atom stereocenters. The Hall–Kier alpha value is -3.20. The zero-order valence-electron chi connectivity index (χ0n) is 41.6. The number of nitrogens with zero attached hydrogens (tertiary/aromatic N) is 1. The molecule has 2 aromatic carbocycles. The fourth-order valence-corrected chi connectivity index (χ4v) is 10.4. The monoisotopic (exact) mass is 1190 g/mol. The van der Waals surface area contributed by atoms with E-state index in [1.807, 2.05) is 36.4 Å². The maximum atomic E-state index is 11.1. The predicted molar refractivity (Wildman–Crippen MR) is 256 cm³/mol. The highest BCUT2D eigenvalue weighted by Crippen LogP contribution is 2.31. The number of rotatable bonds is 15. The molecule has 0 spiro atoms. The van der Waals surface area contributed by atoms with Gasteiger partial charge >= 0.3 is 10.4 Å². The zero-order valence-corrected chi connectivity index (χ0v) is 44.0. The standard InChI is InChI=1S/C16H23NO9S.C11H12O6S.C9H19NO9S.C5H11NO3.C2H4O2.H2/c18-8-11-15(20)12(19)6-17(11)7-13-14(26-27(21,22)23)9-24-16(25-13)10-4-2-1-3-5-10;12-18(13)15-7-9-10(17-18)6-14-11(16-9)8-4-2-1-3-5-8;11-3-5-9(15)7(14)2-10(5)1-6(13)8(4-12)19-20(16,17)18;7-2-3-5(9)4(8)1-6-3;1-2(3)4;/h1-5,11-16,18-20H,6-9H2,(H,21,22,23);1-5,9-11H,6-7H2;5-9,11-15H,1-4H2,(H,16,17,18);3-9H,1-2H2;1H3,(H,3,4);1H/p-1/t11-,12-,13-,14+,15-,16?;9-,10+,11?;5-,6-,7-,8+,9-;3-,4-,5-;;/m1111../s1. The van der Waals surface area contributed by atoms with E-state index in [2.05, 4.69) is 17.9 Å². The lowest BCUT2D eigenvalue weighted by molar-refractivity contribution is -0.919. The minimum absolute atomic E-state index is 0. The van der Waals surface area contributed by atoms with Crippen LogP contribution in [-0.4, -0.2) is 277 Å². The van der Waals surface area contributed by atoms with Crippen LogP contribution in [0.15, 0.2) is 60.7 Å². The van der Waals surface area contributed by atoms with E-state index >= 15 is 0 Å². The second-order valence-electron chi connectivity index (χ2n) is 18.1. The molecule has 0 bridgehead atoms. The Balaban J connectivity index is 0.000000282. The molecule has 3 unspecified atom stereocenters. The molecule has 0 aliphatic carbocycles. The van der Waals surface area contributed by atoms with E-state index in [0.29, 0.717) is 17.0 Å². The van der Waals surface area contributed by atoms with Crippen molar-refractivity contribution in [2.45, 2.75) is 111 Å². The van der Waals surface area contributed by atoms with Gasteiger partial charge in [0.2, 0.25) is 20.8 Å². The molecule has 6 aliphatic rings. The number of β-amino-alcohol motifs (C(OH)–C–C–N with tert-alkyl or cyclic N) is 3. The van der Waals surface area contributed by atoms with Crippen LogP contribution in [0, 0.1) is 0 Å². The first-order valence-corrected chi connectivity index (χ1v) is 27.8. The summed E-state index contributed by atoms with van der Waals surface area (Å²) in [6.45, 7) is -0.645. The van der Waals surface area contributed by atoms with Crippen molar-refractivity contribution in [1.29, 1.82) is 0 Å². The number of quaternary nitrogens is 1. The molecule has 0 aromatic heterocycles. The summed E-state index contributed by atoms with van der Waals surface area (Å²) < 4.78 is 127. The number of fused-ring (bicyclic) bond motifs is 1. The van der Waals surface area contributed by atoms with Gasteiger partial charge in [0.15, 0.2) is 12.6 Å². The Morgan fingerprint density at radius 3 is 1.86 bits per heavy atom. The molecule has 2 aromatic rings. The number of carboxylic acid groups (broad SMARTS) is 1. The average molecular weight is 1190 g/mol.